The second kappa shape index (κ2) is 12.2. The van der Waals surface area contributed by atoms with Gasteiger partial charge in [0.05, 0.1) is 13.2 Å². The second-order valence-electron chi connectivity index (χ2n) is 10.1. The quantitative estimate of drug-likeness (QED) is 0.337. The number of rotatable bonds is 9. The molecule has 4 atom stereocenters. The smallest absolute Gasteiger partial charge is 0.408 e. The van der Waals surface area contributed by atoms with Crippen LogP contribution in [0.15, 0.2) is 12.7 Å². The lowest BCUT2D eigenvalue weighted by Gasteiger charge is -2.35. The van der Waals surface area contributed by atoms with Gasteiger partial charge in [-0.3, -0.25) is 9.59 Å². The Hall–Kier alpha value is -2.62. The Morgan fingerprint density at radius 3 is 2.38 bits per heavy atom. The van der Waals surface area contributed by atoms with Gasteiger partial charge in [0.1, 0.15) is 24.2 Å². The first kappa shape index (κ1) is 27.6. The molecule has 1 aliphatic heterocycles. The molecule has 34 heavy (non-hydrogen) atoms. The van der Waals surface area contributed by atoms with Crippen molar-refractivity contribution in [2.75, 3.05) is 13.7 Å². The Morgan fingerprint density at radius 1 is 1.18 bits per heavy atom. The number of allylic oxidation sites excluding steroid dienone is 1. The zero-order valence-corrected chi connectivity index (χ0v) is 20.7. The van der Waals surface area contributed by atoms with Gasteiger partial charge >= 0.3 is 12.1 Å². The van der Waals surface area contributed by atoms with E-state index in [1.807, 2.05) is 0 Å². The van der Waals surface area contributed by atoms with Crippen LogP contribution in [0, 0.1) is 5.41 Å². The van der Waals surface area contributed by atoms with E-state index < -0.39 is 53.5 Å². The molecule has 0 unspecified atom stereocenters. The Balaban J connectivity index is 2.15. The highest BCUT2D eigenvalue weighted by molar-refractivity contribution is 5.94. The first-order valence-electron chi connectivity index (χ1n) is 11.9. The van der Waals surface area contributed by atoms with Gasteiger partial charge in [0.15, 0.2) is 0 Å². The van der Waals surface area contributed by atoms with E-state index in [1.165, 1.54) is 12.0 Å². The number of aliphatic hydroxyl groups excluding tert-OH is 1. The van der Waals surface area contributed by atoms with Crippen LogP contribution < -0.4 is 10.6 Å². The molecule has 0 aromatic rings. The van der Waals surface area contributed by atoms with E-state index >= 15 is 0 Å². The lowest BCUT2D eigenvalue weighted by molar-refractivity contribution is -0.147. The summed E-state index contributed by atoms with van der Waals surface area (Å²) in [6.07, 6.45) is 4.30. The number of nitrogens with one attached hydrogen (secondary N) is 2. The molecule has 1 heterocycles. The molecule has 10 nitrogen and oxygen atoms in total. The zero-order valence-electron chi connectivity index (χ0n) is 20.7. The van der Waals surface area contributed by atoms with Gasteiger partial charge in [0, 0.05) is 13.0 Å². The fourth-order valence-corrected chi connectivity index (χ4v) is 4.37. The highest BCUT2D eigenvalue weighted by Crippen LogP contribution is 2.27. The number of hydrogen-bond acceptors (Lipinski definition) is 7. The number of ether oxygens (including phenoxy) is 2. The normalized spacial score (nSPS) is 22.6. The lowest BCUT2D eigenvalue weighted by Crippen LogP contribution is -2.58. The first-order chi connectivity index (χ1) is 16.0. The van der Waals surface area contributed by atoms with Gasteiger partial charge < -0.3 is 30.1 Å². The summed E-state index contributed by atoms with van der Waals surface area (Å²) in [7, 11) is 1.23. The number of hydrogen-bond donors (Lipinski definition) is 3. The van der Waals surface area contributed by atoms with E-state index in [0.717, 1.165) is 25.7 Å². The maximum atomic E-state index is 13.5. The maximum Gasteiger partial charge on any atom is 0.408 e. The predicted molar refractivity (Wildman–Crippen MR) is 125 cm³/mol. The molecular formula is C24H39N3O7. The summed E-state index contributed by atoms with van der Waals surface area (Å²) in [6.45, 7) is 8.97. The Labute approximate surface area is 201 Å². The van der Waals surface area contributed by atoms with Crippen LogP contribution in [0.1, 0.15) is 65.7 Å². The van der Waals surface area contributed by atoms with Crippen LogP contribution in [-0.2, 0) is 23.9 Å². The average Bonchev–Trinajstić information content (AvgIpc) is 3.42. The van der Waals surface area contributed by atoms with Crippen LogP contribution in [0.2, 0.25) is 0 Å². The molecule has 1 saturated carbocycles. The number of alkyl carbamates (subject to hydrolysis) is 1. The predicted octanol–water partition coefficient (Wildman–Crippen LogP) is 1.66. The fourth-order valence-electron chi connectivity index (χ4n) is 4.37. The number of β-amino-alcohol motifs (C(OH)–C–C–N with tert-alkyl or cyclic N) is 1. The molecule has 3 N–H and O–H groups in total. The summed E-state index contributed by atoms with van der Waals surface area (Å²) in [4.78, 5) is 52.5. The minimum Gasteiger partial charge on any atom is -0.467 e. The van der Waals surface area contributed by atoms with Crippen LogP contribution >= 0.6 is 0 Å². The van der Waals surface area contributed by atoms with Gasteiger partial charge in [-0.05, 0) is 43.9 Å². The zero-order chi connectivity index (χ0) is 25.5. The van der Waals surface area contributed by atoms with Crippen molar-refractivity contribution in [3.63, 3.8) is 0 Å². The molecule has 0 aromatic heterocycles. The van der Waals surface area contributed by atoms with Gasteiger partial charge in [0.2, 0.25) is 11.8 Å². The average molecular weight is 482 g/mol. The third-order valence-electron chi connectivity index (χ3n) is 6.28. The Kier molecular flexibility index (Phi) is 9.90. The van der Waals surface area contributed by atoms with E-state index in [9.17, 15) is 24.3 Å². The molecule has 10 heteroatoms. The molecule has 0 spiro atoms. The van der Waals surface area contributed by atoms with Crippen molar-refractivity contribution in [1.29, 1.82) is 0 Å². The Bertz CT molecular complexity index is 758. The first-order valence-corrected chi connectivity index (χ1v) is 11.9. The molecule has 2 fully saturated rings. The molecule has 3 amide bonds. The summed E-state index contributed by atoms with van der Waals surface area (Å²) >= 11 is 0. The number of methoxy groups -OCH3 is 1. The summed E-state index contributed by atoms with van der Waals surface area (Å²) in [5.74, 6) is -1.66. The molecule has 1 aliphatic carbocycles. The van der Waals surface area contributed by atoms with Gasteiger partial charge in [-0.25, -0.2) is 9.59 Å². The van der Waals surface area contributed by atoms with Gasteiger partial charge in [-0.1, -0.05) is 26.8 Å². The number of esters is 1. The standard InChI is InChI=1S/C24H39N3O7/c1-6-7-12-17(22(31)33-5)25-20(29)18-13-15(28)14-27(18)21(30)19(24(2,3)4)26-23(32)34-16-10-8-9-11-16/h6,15-19,28H,1,7-14H2,2-5H3,(H,25,29)(H,26,32)/t15-,17-,18-,19+/m0/s1. The maximum absolute atomic E-state index is 13.5. The van der Waals surface area contributed by atoms with Gasteiger partial charge in [-0.2, -0.15) is 0 Å². The van der Waals surface area contributed by atoms with E-state index in [-0.39, 0.29) is 19.1 Å². The summed E-state index contributed by atoms with van der Waals surface area (Å²) in [6, 6.07) is -2.86. The van der Waals surface area contributed by atoms with Crippen molar-refractivity contribution in [2.24, 2.45) is 5.41 Å². The van der Waals surface area contributed by atoms with Crippen LogP contribution in [0.3, 0.4) is 0 Å². The van der Waals surface area contributed by atoms with E-state index in [2.05, 4.69) is 17.2 Å². The molecule has 192 valence electrons. The van der Waals surface area contributed by atoms with Crippen LogP contribution in [0.5, 0.6) is 0 Å². The highest BCUT2D eigenvalue weighted by Gasteiger charge is 2.45. The molecule has 0 aromatic carbocycles. The summed E-state index contributed by atoms with van der Waals surface area (Å²) < 4.78 is 10.2. The molecule has 2 rings (SSSR count). The number of carbonyl (C=O) groups is 4. The van der Waals surface area contributed by atoms with E-state index in [1.54, 1.807) is 26.8 Å². The Morgan fingerprint density at radius 2 is 1.82 bits per heavy atom. The number of likely N-dealkylation sites (tertiary alicyclic amines) is 1. The third kappa shape index (κ3) is 7.44. The second-order valence-corrected chi connectivity index (χ2v) is 10.1. The number of amides is 3. The molecular weight excluding hydrogens is 442 g/mol. The SMILES string of the molecule is C=CCC[C@H](NC(=O)[C@@H]1C[C@H](O)CN1C(=O)[C@@H](NC(=O)OC1CCCC1)C(C)(C)C)C(=O)OC. The van der Waals surface area contributed by atoms with Crippen molar-refractivity contribution in [3.8, 4) is 0 Å². The minimum atomic E-state index is -0.990. The third-order valence-corrected chi connectivity index (χ3v) is 6.28. The highest BCUT2D eigenvalue weighted by atomic mass is 16.6. The van der Waals surface area contributed by atoms with Crippen LogP contribution in [-0.4, -0.2) is 77.9 Å². The lowest BCUT2D eigenvalue weighted by atomic mass is 9.85. The van der Waals surface area contributed by atoms with E-state index in [0.29, 0.717) is 12.8 Å². The topological polar surface area (TPSA) is 134 Å². The van der Waals surface area contributed by atoms with Gasteiger partial charge in [-0.15, -0.1) is 6.58 Å². The fraction of sp³-hybridized carbons (Fsp3) is 0.750. The van der Waals surface area contributed by atoms with Crippen LogP contribution in [0.25, 0.3) is 0 Å². The van der Waals surface area contributed by atoms with Crippen molar-refractivity contribution in [3.05, 3.63) is 12.7 Å². The molecule has 0 radical (unpaired) electrons. The van der Waals surface area contributed by atoms with Crippen molar-refractivity contribution in [1.82, 2.24) is 15.5 Å². The number of carbonyl (C=O) groups excluding carboxylic acids is 4. The number of nitrogens with zero attached hydrogens (tertiary/aromatic N) is 1. The van der Waals surface area contributed by atoms with Crippen molar-refractivity contribution in [2.45, 2.75) is 96.1 Å². The summed E-state index contributed by atoms with van der Waals surface area (Å²) in [5.41, 5.74) is -0.682. The largest absolute Gasteiger partial charge is 0.467 e. The molecule has 1 saturated heterocycles. The van der Waals surface area contributed by atoms with Crippen molar-refractivity contribution < 1.29 is 33.8 Å². The molecule has 0 bridgehead atoms. The minimum absolute atomic E-state index is 0.0241. The molecule has 2 aliphatic rings. The summed E-state index contributed by atoms with van der Waals surface area (Å²) in [5, 5.41) is 15.6. The number of aliphatic hydroxyl groups is 1. The van der Waals surface area contributed by atoms with Crippen molar-refractivity contribution >= 4 is 23.9 Å². The monoisotopic (exact) mass is 481 g/mol. The van der Waals surface area contributed by atoms with Gasteiger partial charge in [0.25, 0.3) is 0 Å². The van der Waals surface area contributed by atoms with Crippen LogP contribution in [0.4, 0.5) is 4.79 Å². The van der Waals surface area contributed by atoms with E-state index in [4.69, 9.17) is 9.47 Å².